The Kier molecular flexibility index (Phi) is 4.43. The normalized spacial score (nSPS) is 12.6. The third-order valence-electron chi connectivity index (χ3n) is 3.36. The molecule has 96 valence electrons. The second-order valence-corrected chi connectivity index (χ2v) is 4.99. The first-order chi connectivity index (χ1) is 8.74. The molecule has 0 spiro atoms. The minimum atomic E-state index is 0.597. The lowest BCUT2D eigenvalue weighted by Gasteiger charge is -2.09. The number of hydrogen-bond donors (Lipinski definition) is 1. The first kappa shape index (κ1) is 13.2. The van der Waals surface area contributed by atoms with Gasteiger partial charge in [0.1, 0.15) is 5.82 Å². The second kappa shape index (κ2) is 6.05. The number of hydrogen-bond acceptors (Lipinski definition) is 1. The first-order valence-corrected chi connectivity index (χ1v) is 6.98. The van der Waals surface area contributed by atoms with E-state index in [9.17, 15) is 0 Å². The molecule has 0 aliphatic rings. The van der Waals surface area contributed by atoms with Crippen molar-refractivity contribution in [1.29, 1.82) is 0 Å². The maximum atomic E-state index is 5.70. The molecule has 1 atom stereocenters. The van der Waals surface area contributed by atoms with Gasteiger partial charge in [0, 0.05) is 12.3 Å². The molecule has 0 saturated carbocycles. The lowest BCUT2D eigenvalue weighted by Crippen LogP contribution is -1.91. The van der Waals surface area contributed by atoms with E-state index in [-0.39, 0.29) is 0 Å². The summed E-state index contributed by atoms with van der Waals surface area (Å²) in [6.45, 7) is 4.47. The van der Waals surface area contributed by atoms with Crippen LogP contribution in [0.4, 0.5) is 0 Å². The highest BCUT2D eigenvalue weighted by molar-refractivity contribution is 6.17. The monoisotopic (exact) mass is 262 g/mol. The van der Waals surface area contributed by atoms with Crippen molar-refractivity contribution >= 4 is 11.6 Å². The number of rotatable bonds is 5. The molecule has 1 unspecified atom stereocenters. The number of H-pyrrole nitrogens is 1. The molecule has 1 heterocycles. The summed E-state index contributed by atoms with van der Waals surface area (Å²) in [6, 6.07) is 8.70. The molecular formula is C15H19ClN2. The number of aryl methyl sites for hydroxylation is 1. The van der Waals surface area contributed by atoms with Crippen LogP contribution in [-0.4, -0.2) is 15.8 Å². The van der Waals surface area contributed by atoms with Gasteiger partial charge in [-0.1, -0.05) is 38.1 Å². The van der Waals surface area contributed by atoms with Crippen LogP contribution in [0, 0.1) is 0 Å². The van der Waals surface area contributed by atoms with Crippen molar-refractivity contribution in [2.75, 3.05) is 5.88 Å². The number of nitrogens with one attached hydrogen (secondary N) is 1. The highest BCUT2D eigenvalue weighted by atomic mass is 35.5. The summed E-state index contributed by atoms with van der Waals surface area (Å²) < 4.78 is 0. The van der Waals surface area contributed by atoms with E-state index < -0.39 is 0 Å². The van der Waals surface area contributed by atoms with Crippen molar-refractivity contribution in [2.45, 2.75) is 32.6 Å². The van der Waals surface area contributed by atoms with Crippen LogP contribution in [0.3, 0.4) is 0 Å². The Morgan fingerprint density at radius 1 is 1.28 bits per heavy atom. The van der Waals surface area contributed by atoms with Gasteiger partial charge >= 0.3 is 0 Å². The largest absolute Gasteiger partial charge is 0.342 e. The summed E-state index contributed by atoms with van der Waals surface area (Å²) in [6.07, 6.45) is 3.83. The van der Waals surface area contributed by atoms with Gasteiger partial charge in [-0.2, -0.15) is 0 Å². The molecule has 0 amide bonds. The van der Waals surface area contributed by atoms with Gasteiger partial charge in [-0.25, -0.2) is 4.98 Å². The quantitative estimate of drug-likeness (QED) is 0.797. The molecule has 1 N–H and O–H groups in total. The van der Waals surface area contributed by atoms with Gasteiger partial charge in [0.2, 0.25) is 0 Å². The Morgan fingerprint density at radius 3 is 2.61 bits per heavy atom. The van der Waals surface area contributed by atoms with E-state index in [0.717, 1.165) is 17.9 Å². The van der Waals surface area contributed by atoms with E-state index in [4.69, 9.17) is 11.6 Å². The van der Waals surface area contributed by atoms with Crippen molar-refractivity contribution in [2.24, 2.45) is 0 Å². The smallest absolute Gasteiger partial charge is 0.107 e. The van der Waals surface area contributed by atoms with Gasteiger partial charge in [0.05, 0.1) is 11.9 Å². The molecule has 0 fully saturated rings. The minimum Gasteiger partial charge on any atom is -0.342 e. The minimum absolute atomic E-state index is 0.597. The Balaban J connectivity index is 2.17. The summed E-state index contributed by atoms with van der Waals surface area (Å²) in [5, 5.41) is 0. The van der Waals surface area contributed by atoms with Gasteiger partial charge in [-0.05, 0) is 23.5 Å². The number of halogens is 1. The molecule has 18 heavy (non-hydrogen) atoms. The zero-order valence-electron chi connectivity index (χ0n) is 10.9. The van der Waals surface area contributed by atoms with E-state index in [1.54, 1.807) is 0 Å². The molecule has 0 saturated heterocycles. The second-order valence-electron chi connectivity index (χ2n) is 4.61. The molecule has 1 aromatic carbocycles. The lowest BCUT2D eigenvalue weighted by molar-refractivity contribution is 0.734. The van der Waals surface area contributed by atoms with E-state index >= 15 is 0 Å². The summed E-state index contributed by atoms with van der Waals surface area (Å²) >= 11 is 5.70. The van der Waals surface area contributed by atoms with Gasteiger partial charge in [0.15, 0.2) is 0 Å². The highest BCUT2D eigenvalue weighted by Gasteiger charge is 2.05. The zero-order chi connectivity index (χ0) is 13.0. The average Bonchev–Trinajstić information content (AvgIpc) is 2.87. The number of nitrogens with zero attached hydrogens (tertiary/aromatic N) is 1. The average molecular weight is 263 g/mol. The Labute approximate surface area is 113 Å². The standard InChI is InChI=1S/C15H19ClN2/c1-3-11(2)12-4-6-13(7-5-12)14-10-17-15(18-14)8-9-16/h4-7,10-11H,3,8-9H2,1-2H3,(H,17,18). The number of benzene rings is 1. The van der Waals surface area contributed by atoms with Gasteiger partial charge < -0.3 is 4.98 Å². The first-order valence-electron chi connectivity index (χ1n) is 6.44. The Hall–Kier alpha value is -1.28. The van der Waals surface area contributed by atoms with Gasteiger partial charge in [-0.15, -0.1) is 11.6 Å². The molecule has 1 aromatic heterocycles. The summed E-state index contributed by atoms with van der Waals surface area (Å²) in [5.74, 6) is 2.17. The SMILES string of the molecule is CCC(C)c1ccc(-c2cnc(CCCl)[nH]2)cc1. The summed E-state index contributed by atoms with van der Waals surface area (Å²) in [4.78, 5) is 7.61. The third kappa shape index (κ3) is 2.94. The number of alkyl halides is 1. The highest BCUT2D eigenvalue weighted by Crippen LogP contribution is 2.23. The van der Waals surface area contributed by atoms with Crippen LogP contribution in [0.25, 0.3) is 11.3 Å². The van der Waals surface area contributed by atoms with Gasteiger partial charge in [0.25, 0.3) is 0 Å². The molecule has 0 bridgehead atoms. The molecule has 0 aliphatic heterocycles. The molecule has 0 radical (unpaired) electrons. The summed E-state index contributed by atoms with van der Waals surface area (Å²) in [7, 11) is 0. The van der Waals surface area contributed by atoms with E-state index in [2.05, 4.69) is 48.1 Å². The Morgan fingerprint density at radius 2 is 2.00 bits per heavy atom. The molecule has 3 heteroatoms. The number of imidazole rings is 1. The van der Waals surface area contributed by atoms with Crippen molar-refractivity contribution in [3.63, 3.8) is 0 Å². The summed E-state index contributed by atoms with van der Waals surface area (Å²) in [5.41, 5.74) is 3.63. The van der Waals surface area contributed by atoms with Crippen molar-refractivity contribution < 1.29 is 0 Å². The van der Waals surface area contributed by atoms with Crippen molar-refractivity contribution in [3.05, 3.63) is 41.9 Å². The lowest BCUT2D eigenvalue weighted by atomic mass is 9.97. The number of aromatic amines is 1. The topological polar surface area (TPSA) is 28.7 Å². The van der Waals surface area contributed by atoms with Crippen molar-refractivity contribution in [3.8, 4) is 11.3 Å². The Bertz CT molecular complexity index is 487. The fourth-order valence-electron chi connectivity index (χ4n) is 1.95. The van der Waals surface area contributed by atoms with Crippen LogP contribution in [0.1, 0.15) is 37.6 Å². The van der Waals surface area contributed by atoms with E-state index in [1.165, 1.54) is 17.5 Å². The zero-order valence-corrected chi connectivity index (χ0v) is 11.7. The van der Waals surface area contributed by atoms with E-state index in [0.29, 0.717) is 11.8 Å². The van der Waals surface area contributed by atoms with Crippen molar-refractivity contribution in [1.82, 2.24) is 9.97 Å². The maximum Gasteiger partial charge on any atom is 0.107 e. The molecule has 2 nitrogen and oxygen atoms in total. The predicted molar refractivity (Wildman–Crippen MR) is 77.2 cm³/mol. The van der Waals surface area contributed by atoms with Crippen LogP contribution >= 0.6 is 11.6 Å². The van der Waals surface area contributed by atoms with E-state index in [1.807, 2.05) is 6.20 Å². The molecule has 0 aliphatic carbocycles. The molecular weight excluding hydrogens is 244 g/mol. The molecule has 2 rings (SSSR count). The third-order valence-corrected chi connectivity index (χ3v) is 3.55. The predicted octanol–water partition coefficient (Wildman–Crippen LogP) is 4.37. The maximum absolute atomic E-state index is 5.70. The molecule has 2 aromatic rings. The fraction of sp³-hybridized carbons (Fsp3) is 0.400. The van der Waals surface area contributed by atoms with Crippen LogP contribution in [-0.2, 0) is 6.42 Å². The van der Waals surface area contributed by atoms with Gasteiger partial charge in [-0.3, -0.25) is 0 Å². The number of aromatic nitrogens is 2. The van der Waals surface area contributed by atoms with Crippen LogP contribution in [0.15, 0.2) is 30.5 Å². The fourth-order valence-corrected chi connectivity index (χ4v) is 2.13. The van der Waals surface area contributed by atoms with Crippen LogP contribution in [0.2, 0.25) is 0 Å². The van der Waals surface area contributed by atoms with Crippen LogP contribution < -0.4 is 0 Å². The van der Waals surface area contributed by atoms with Crippen LogP contribution in [0.5, 0.6) is 0 Å².